The predicted octanol–water partition coefficient (Wildman–Crippen LogP) is 1.12. The quantitative estimate of drug-likeness (QED) is 0.735. The van der Waals surface area contributed by atoms with Gasteiger partial charge in [0, 0.05) is 13.5 Å². The van der Waals surface area contributed by atoms with Crippen LogP contribution in [0.5, 0.6) is 0 Å². The van der Waals surface area contributed by atoms with Gasteiger partial charge in [0.1, 0.15) is 0 Å². The van der Waals surface area contributed by atoms with Crippen molar-refractivity contribution < 1.29 is 9.21 Å². The van der Waals surface area contributed by atoms with Gasteiger partial charge in [0.25, 0.3) is 5.91 Å². The highest BCUT2D eigenvalue weighted by Gasteiger charge is 2.08. The van der Waals surface area contributed by atoms with E-state index in [0.29, 0.717) is 12.4 Å². The summed E-state index contributed by atoms with van der Waals surface area (Å²) in [5.41, 5.74) is 0. The van der Waals surface area contributed by atoms with Crippen LogP contribution in [-0.4, -0.2) is 17.4 Å². The van der Waals surface area contributed by atoms with E-state index >= 15 is 0 Å². The first-order valence-corrected chi connectivity index (χ1v) is 3.94. The second-order valence-electron chi connectivity index (χ2n) is 2.50. The average Bonchev–Trinajstić information content (AvgIpc) is 2.47. The molecule has 0 aliphatic heterocycles. The Bertz CT molecular complexity index is 268. The van der Waals surface area contributed by atoms with E-state index in [1.807, 2.05) is 6.92 Å². The first-order valence-electron chi connectivity index (χ1n) is 3.94. The number of aryl methyl sites for hydroxylation is 1. The molecule has 0 bridgehead atoms. The zero-order chi connectivity index (χ0) is 8.97. The van der Waals surface area contributed by atoms with Gasteiger partial charge in [-0.05, 0) is 6.42 Å². The minimum atomic E-state index is -0.197. The zero-order valence-electron chi connectivity index (χ0n) is 7.26. The molecule has 1 aromatic heterocycles. The summed E-state index contributed by atoms with van der Waals surface area (Å²) in [7, 11) is 0. The SMILES string of the molecule is CCCNC(=O)c1cnc(C)o1. The third-order valence-corrected chi connectivity index (χ3v) is 1.38. The van der Waals surface area contributed by atoms with Crippen LogP contribution in [-0.2, 0) is 0 Å². The van der Waals surface area contributed by atoms with Gasteiger partial charge in [-0.25, -0.2) is 4.98 Å². The average molecular weight is 168 g/mol. The van der Waals surface area contributed by atoms with Crippen LogP contribution in [0.1, 0.15) is 29.8 Å². The van der Waals surface area contributed by atoms with E-state index in [4.69, 9.17) is 4.42 Å². The molecule has 4 heteroatoms. The van der Waals surface area contributed by atoms with Gasteiger partial charge in [-0.3, -0.25) is 4.79 Å². The second-order valence-corrected chi connectivity index (χ2v) is 2.50. The van der Waals surface area contributed by atoms with Gasteiger partial charge in [-0.15, -0.1) is 0 Å². The lowest BCUT2D eigenvalue weighted by molar-refractivity contribution is 0.0924. The number of rotatable bonds is 3. The van der Waals surface area contributed by atoms with Gasteiger partial charge in [0.15, 0.2) is 5.89 Å². The number of nitrogens with one attached hydrogen (secondary N) is 1. The number of aromatic nitrogens is 1. The van der Waals surface area contributed by atoms with Crippen molar-refractivity contribution in [3.63, 3.8) is 0 Å². The molecule has 1 amide bonds. The number of hydrogen-bond acceptors (Lipinski definition) is 3. The lowest BCUT2D eigenvalue weighted by Crippen LogP contribution is -2.23. The first-order chi connectivity index (χ1) is 5.74. The molecule has 0 aliphatic carbocycles. The van der Waals surface area contributed by atoms with Crippen LogP contribution in [0.25, 0.3) is 0 Å². The van der Waals surface area contributed by atoms with Crippen molar-refractivity contribution in [2.45, 2.75) is 20.3 Å². The number of carbonyl (C=O) groups excluding carboxylic acids is 1. The van der Waals surface area contributed by atoms with Crippen LogP contribution in [0.15, 0.2) is 10.6 Å². The van der Waals surface area contributed by atoms with Crippen molar-refractivity contribution in [1.29, 1.82) is 0 Å². The van der Waals surface area contributed by atoms with Crippen LogP contribution in [0.4, 0.5) is 0 Å². The highest BCUT2D eigenvalue weighted by Crippen LogP contribution is 2.00. The summed E-state index contributed by atoms with van der Waals surface area (Å²) >= 11 is 0. The van der Waals surface area contributed by atoms with Crippen molar-refractivity contribution >= 4 is 5.91 Å². The summed E-state index contributed by atoms with van der Waals surface area (Å²) in [6, 6.07) is 0. The first kappa shape index (κ1) is 8.77. The number of nitrogens with zero attached hydrogens (tertiary/aromatic N) is 1. The Morgan fingerprint density at radius 1 is 1.75 bits per heavy atom. The number of oxazole rings is 1. The fraction of sp³-hybridized carbons (Fsp3) is 0.500. The van der Waals surface area contributed by atoms with Crippen LogP contribution in [0.2, 0.25) is 0 Å². The maximum Gasteiger partial charge on any atom is 0.288 e. The minimum absolute atomic E-state index is 0.197. The van der Waals surface area contributed by atoms with E-state index in [0.717, 1.165) is 6.42 Å². The smallest absolute Gasteiger partial charge is 0.288 e. The van der Waals surface area contributed by atoms with Crippen molar-refractivity contribution in [1.82, 2.24) is 10.3 Å². The van der Waals surface area contributed by atoms with E-state index in [9.17, 15) is 4.79 Å². The van der Waals surface area contributed by atoms with E-state index in [1.54, 1.807) is 6.92 Å². The van der Waals surface area contributed by atoms with Crippen LogP contribution in [0, 0.1) is 6.92 Å². The molecule has 0 aromatic carbocycles. The van der Waals surface area contributed by atoms with Gasteiger partial charge in [-0.1, -0.05) is 6.92 Å². The van der Waals surface area contributed by atoms with Gasteiger partial charge in [0.05, 0.1) is 6.20 Å². The summed E-state index contributed by atoms with van der Waals surface area (Å²) in [5, 5.41) is 2.69. The molecule has 66 valence electrons. The molecule has 0 fully saturated rings. The standard InChI is InChI=1S/C8H12N2O2/c1-3-4-9-8(11)7-5-10-6(2)12-7/h5H,3-4H2,1-2H3,(H,9,11). The molecular formula is C8H12N2O2. The fourth-order valence-corrected chi connectivity index (χ4v) is 0.792. The Morgan fingerprint density at radius 2 is 2.50 bits per heavy atom. The van der Waals surface area contributed by atoms with Gasteiger partial charge >= 0.3 is 0 Å². The monoisotopic (exact) mass is 168 g/mol. The Labute approximate surface area is 71.0 Å². The molecule has 0 saturated heterocycles. The molecule has 12 heavy (non-hydrogen) atoms. The number of carbonyl (C=O) groups is 1. The summed E-state index contributed by atoms with van der Waals surface area (Å²) in [5.74, 6) is 0.593. The molecule has 0 unspecified atom stereocenters. The Kier molecular flexibility index (Phi) is 2.85. The molecular weight excluding hydrogens is 156 g/mol. The fourth-order valence-electron chi connectivity index (χ4n) is 0.792. The molecule has 1 aromatic rings. The van der Waals surface area contributed by atoms with Gasteiger partial charge < -0.3 is 9.73 Å². The molecule has 1 heterocycles. The third-order valence-electron chi connectivity index (χ3n) is 1.38. The van der Waals surface area contributed by atoms with E-state index in [2.05, 4.69) is 10.3 Å². The van der Waals surface area contributed by atoms with Crippen molar-refractivity contribution in [3.05, 3.63) is 17.8 Å². The Morgan fingerprint density at radius 3 is 3.00 bits per heavy atom. The molecule has 0 atom stereocenters. The van der Waals surface area contributed by atoms with Crippen molar-refractivity contribution in [3.8, 4) is 0 Å². The van der Waals surface area contributed by atoms with E-state index in [-0.39, 0.29) is 11.7 Å². The third kappa shape index (κ3) is 2.08. The summed E-state index contributed by atoms with van der Waals surface area (Å²) < 4.78 is 5.02. The largest absolute Gasteiger partial charge is 0.436 e. The summed E-state index contributed by atoms with van der Waals surface area (Å²) in [6.45, 7) is 4.36. The summed E-state index contributed by atoms with van der Waals surface area (Å²) in [6.07, 6.45) is 2.35. The zero-order valence-corrected chi connectivity index (χ0v) is 7.26. The number of amides is 1. The number of hydrogen-bond donors (Lipinski definition) is 1. The minimum Gasteiger partial charge on any atom is -0.436 e. The van der Waals surface area contributed by atoms with Crippen LogP contribution >= 0.6 is 0 Å². The molecule has 1 N–H and O–H groups in total. The van der Waals surface area contributed by atoms with E-state index in [1.165, 1.54) is 6.20 Å². The summed E-state index contributed by atoms with van der Waals surface area (Å²) in [4.78, 5) is 15.0. The highest BCUT2D eigenvalue weighted by molar-refractivity contribution is 5.91. The predicted molar refractivity (Wildman–Crippen MR) is 43.9 cm³/mol. The normalized spacial score (nSPS) is 9.83. The van der Waals surface area contributed by atoms with Crippen molar-refractivity contribution in [2.24, 2.45) is 0 Å². The van der Waals surface area contributed by atoms with E-state index < -0.39 is 0 Å². The van der Waals surface area contributed by atoms with Crippen LogP contribution < -0.4 is 5.32 Å². The van der Waals surface area contributed by atoms with Gasteiger partial charge in [-0.2, -0.15) is 0 Å². The maximum absolute atomic E-state index is 11.2. The molecule has 0 aliphatic rings. The van der Waals surface area contributed by atoms with Crippen molar-refractivity contribution in [2.75, 3.05) is 6.54 Å². The molecule has 4 nitrogen and oxygen atoms in total. The van der Waals surface area contributed by atoms with Gasteiger partial charge in [0.2, 0.25) is 5.76 Å². The second kappa shape index (κ2) is 3.90. The lowest BCUT2D eigenvalue weighted by atomic mass is 10.4. The van der Waals surface area contributed by atoms with Crippen LogP contribution in [0.3, 0.4) is 0 Å². The maximum atomic E-state index is 11.2. The topological polar surface area (TPSA) is 55.1 Å². The molecule has 0 radical (unpaired) electrons. The lowest BCUT2D eigenvalue weighted by Gasteiger charge is -1.97. The Hall–Kier alpha value is -1.32. The highest BCUT2D eigenvalue weighted by atomic mass is 16.4. The molecule has 0 saturated carbocycles. The Balaban J connectivity index is 2.53. The molecule has 1 rings (SSSR count). The molecule has 0 spiro atoms.